The SMILES string of the molecule is CC1=CC(N2CCN(CCOCCO)[C@H](C)C2)=CN2C(=O)\C=C(c3cc4c(C)nc(C)cn4n3)/C=C/C=C\12. The lowest BCUT2D eigenvalue weighted by atomic mass is 10.0. The van der Waals surface area contributed by atoms with Crippen molar-refractivity contribution in [2.75, 3.05) is 46.0 Å². The van der Waals surface area contributed by atoms with Crippen LogP contribution in [0, 0.1) is 13.8 Å². The van der Waals surface area contributed by atoms with Gasteiger partial charge in [-0.25, -0.2) is 4.52 Å². The number of hydrogen-bond acceptors (Lipinski definition) is 7. The predicted octanol–water partition coefficient (Wildman–Crippen LogP) is 2.83. The van der Waals surface area contributed by atoms with E-state index >= 15 is 0 Å². The van der Waals surface area contributed by atoms with E-state index in [1.165, 1.54) is 0 Å². The van der Waals surface area contributed by atoms with Crippen molar-refractivity contribution in [2.24, 2.45) is 0 Å². The molecule has 0 radical (unpaired) electrons. The molecule has 0 aliphatic carbocycles. The van der Waals surface area contributed by atoms with E-state index in [1.807, 2.05) is 55.1 Å². The lowest BCUT2D eigenvalue weighted by Crippen LogP contribution is -2.52. The average molecular weight is 517 g/mol. The van der Waals surface area contributed by atoms with Crippen LogP contribution in [-0.2, 0) is 9.53 Å². The van der Waals surface area contributed by atoms with Crippen LogP contribution in [0.15, 0.2) is 65.8 Å². The zero-order valence-electron chi connectivity index (χ0n) is 22.6. The third-order valence-corrected chi connectivity index (χ3v) is 7.28. The van der Waals surface area contributed by atoms with Crippen LogP contribution < -0.4 is 0 Å². The first-order valence-corrected chi connectivity index (χ1v) is 13.2. The fourth-order valence-corrected chi connectivity index (χ4v) is 5.29. The first kappa shape index (κ1) is 26.1. The Hall–Kier alpha value is -3.53. The van der Waals surface area contributed by atoms with Crippen LogP contribution in [0.2, 0.25) is 0 Å². The molecule has 200 valence electrons. The number of nitrogens with zero attached hydrogens (tertiary/aromatic N) is 6. The first-order valence-electron chi connectivity index (χ1n) is 13.2. The summed E-state index contributed by atoms with van der Waals surface area (Å²) in [5, 5.41) is 13.6. The Morgan fingerprint density at radius 2 is 2.00 bits per heavy atom. The molecular formula is C29H36N6O3. The molecule has 5 heterocycles. The van der Waals surface area contributed by atoms with Crippen LogP contribution in [0.1, 0.15) is 30.9 Å². The van der Waals surface area contributed by atoms with Crippen LogP contribution in [-0.4, -0.2) is 92.4 Å². The van der Waals surface area contributed by atoms with Crippen LogP contribution >= 0.6 is 0 Å². The van der Waals surface area contributed by atoms with E-state index in [9.17, 15) is 4.79 Å². The number of carbonyl (C=O) groups is 1. The summed E-state index contributed by atoms with van der Waals surface area (Å²) in [6.45, 7) is 12.7. The minimum absolute atomic E-state index is 0.0527. The summed E-state index contributed by atoms with van der Waals surface area (Å²) in [5.74, 6) is -0.101. The number of rotatable bonds is 7. The lowest BCUT2D eigenvalue weighted by Gasteiger charge is -2.42. The quantitative estimate of drug-likeness (QED) is 0.567. The number of aliphatic hydroxyl groups is 1. The highest BCUT2D eigenvalue weighted by molar-refractivity contribution is 5.99. The number of allylic oxidation sites excluding steroid dienone is 6. The summed E-state index contributed by atoms with van der Waals surface area (Å²) in [6, 6.07) is 2.33. The molecule has 2 aromatic rings. The lowest BCUT2D eigenvalue weighted by molar-refractivity contribution is -0.122. The van der Waals surface area contributed by atoms with Crippen molar-refractivity contribution < 1.29 is 14.6 Å². The van der Waals surface area contributed by atoms with E-state index in [0.29, 0.717) is 19.3 Å². The molecule has 1 amide bonds. The van der Waals surface area contributed by atoms with Gasteiger partial charge in [0.15, 0.2) is 0 Å². The minimum atomic E-state index is -0.101. The van der Waals surface area contributed by atoms with Crippen LogP contribution in [0.5, 0.6) is 0 Å². The molecule has 1 fully saturated rings. The van der Waals surface area contributed by atoms with Gasteiger partial charge in [-0.15, -0.1) is 0 Å². The first-order chi connectivity index (χ1) is 18.3. The van der Waals surface area contributed by atoms with Crippen LogP contribution in [0.3, 0.4) is 0 Å². The van der Waals surface area contributed by atoms with Crippen molar-refractivity contribution in [1.29, 1.82) is 0 Å². The zero-order chi connectivity index (χ0) is 26.8. The number of aryl methyl sites for hydroxylation is 2. The fourth-order valence-electron chi connectivity index (χ4n) is 5.29. The molecule has 9 nitrogen and oxygen atoms in total. The van der Waals surface area contributed by atoms with Crippen molar-refractivity contribution in [3.63, 3.8) is 0 Å². The highest BCUT2D eigenvalue weighted by atomic mass is 16.5. The predicted molar refractivity (Wildman–Crippen MR) is 147 cm³/mol. The molecule has 0 spiro atoms. The standard InChI is InChI=1S/C29H36N6O3/c1-20-14-25(33-9-8-32(22(3)18-33)10-12-38-13-11-36)19-34-27(20)7-5-6-24(15-29(34)37)26-16-28-23(4)30-21(2)17-35(28)31-26/h5-7,14-17,19,22,36H,8-13,18H2,1-4H3/b6-5+,24-15+,27-7+/t22-/m1/s1. The summed E-state index contributed by atoms with van der Waals surface area (Å²) < 4.78 is 7.29. The average Bonchev–Trinajstić information content (AvgIpc) is 3.30. The van der Waals surface area contributed by atoms with Gasteiger partial charge in [-0.3, -0.25) is 19.6 Å². The molecule has 38 heavy (non-hydrogen) atoms. The van der Waals surface area contributed by atoms with Gasteiger partial charge >= 0.3 is 0 Å². The minimum Gasteiger partial charge on any atom is -0.394 e. The summed E-state index contributed by atoms with van der Waals surface area (Å²) in [6.07, 6.45) is 13.6. The van der Waals surface area contributed by atoms with Gasteiger partial charge in [-0.1, -0.05) is 12.2 Å². The third-order valence-electron chi connectivity index (χ3n) is 7.28. The van der Waals surface area contributed by atoms with E-state index in [0.717, 1.165) is 71.3 Å². The van der Waals surface area contributed by atoms with E-state index in [2.05, 4.69) is 34.7 Å². The van der Waals surface area contributed by atoms with Gasteiger partial charge in [0.2, 0.25) is 0 Å². The van der Waals surface area contributed by atoms with Crippen molar-refractivity contribution >= 4 is 17.0 Å². The van der Waals surface area contributed by atoms with E-state index < -0.39 is 0 Å². The summed E-state index contributed by atoms with van der Waals surface area (Å²) in [5.41, 5.74) is 7.21. The summed E-state index contributed by atoms with van der Waals surface area (Å²) in [4.78, 5) is 24.6. The van der Waals surface area contributed by atoms with Gasteiger partial charge in [-0.2, -0.15) is 5.10 Å². The Kier molecular flexibility index (Phi) is 7.60. The zero-order valence-corrected chi connectivity index (χ0v) is 22.6. The number of ether oxygens (including phenoxy) is 1. The molecule has 0 aromatic carbocycles. The maximum absolute atomic E-state index is 13.6. The number of piperazine rings is 1. The van der Waals surface area contributed by atoms with Gasteiger partial charge in [-0.05, 0) is 51.5 Å². The molecule has 9 heteroatoms. The van der Waals surface area contributed by atoms with E-state index in [1.54, 1.807) is 11.0 Å². The van der Waals surface area contributed by atoms with Gasteiger partial charge in [0, 0.05) is 50.1 Å². The van der Waals surface area contributed by atoms with Crippen molar-refractivity contribution in [3.05, 3.63) is 82.9 Å². The number of amides is 1. The normalized spacial score (nSPS) is 24.1. The Morgan fingerprint density at radius 3 is 2.79 bits per heavy atom. The molecular weight excluding hydrogens is 480 g/mol. The van der Waals surface area contributed by atoms with E-state index in [-0.39, 0.29) is 12.5 Å². The molecule has 1 N–H and O–H groups in total. The fraction of sp³-hybridized carbons (Fsp3) is 0.414. The van der Waals surface area contributed by atoms with Gasteiger partial charge < -0.3 is 14.7 Å². The highest BCUT2D eigenvalue weighted by Crippen LogP contribution is 2.30. The molecule has 5 rings (SSSR count). The number of aromatic nitrogens is 3. The molecule has 3 aliphatic rings. The second-order valence-corrected chi connectivity index (χ2v) is 10.1. The number of carbonyl (C=O) groups excluding carboxylic acids is 1. The molecule has 3 aliphatic heterocycles. The summed E-state index contributed by atoms with van der Waals surface area (Å²) >= 11 is 0. The van der Waals surface area contributed by atoms with Gasteiger partial charge in [0.05, 0.1) is 60.0 Å². The van der Waals surface area contributed by atoms with Crippen LogP contribution in [0.4, 0.5) is 0 Å². The Bertz CT molecular complexity index is 1380. The number of aliphatic hydroxyl groups excluding tert-OH is 1. The highest BCUT2D eigenvalue weighted by Gasteiger charge is 2.28. The molecule has 0 bridgehead atoms. The van der Waals surface area contributed by atoms with Crippen molar-refractivity contribution in [2.45, 2.75) is 33.7 Å². The molecule has 1 atom stereocenters. The Labute approximate surface area is 223 Å². The maximum atomic E-state index is 13.6. The smallest absolute Gasteiger partial charge is 0.255 e. The molecule has 0 saturated carbocycles. The van der Waals surface area contributed by atoms with Crippen molar-refractivity contribution in [3.8, 4) is 0 Å². The van der Waals surface area contributed by atoms with Crippen LogP contribution in [0.25, 0.3) is 11.1 Å². The van der Waals surface area contributed by atoms with E-state index in [4.69, 9.17) is 14.9 Å². The van der Waals surface area contributed by atoms with Crippen molar-refractivity contribution in [1.82, 2.24) is 29.3 Å². The third kappa shape index (κ3) is 5.36. The van der Waals surface area contributed by atoms with Gasteiger partial charge in [0.25, 0.3) is 5.91 Å². The molecule has 1 saturated heterocycles. The number of fused-ring (bicyclic) bond motifs is 2. The second-order valence-electron chi connectivity index (χ2n) is 10.1. The Balaban J connectivity index is 1.36. The van der Waals surface area contributed by atoms with Gasteiger partial charge in [0.1, 0.15) is 0 Å². The Morgan fingerprint density at radius 1 is 1.16 bits per heavy atom. The summed E-state index contributed by atoms with van der Waals surface area (Å²) in [7, 11) is 0. The monoisotopic (exact) mass is 516 g/mol. The topological polar surface area (TPSA) is 86.4 Å². The number of hydrogen-bond donors (Lipinski definition) is 1. The molecule has 0 unspecified atom stereocenters. The largest absolute Gasteiger partial charge is 0.394 e. The maximum Gasteiger partial charge on any atom is 0.255 e. The second kappa shape index (κ2) is 11.1. The molecule has 2 aromatic heterocycles.